The number of non-ortho nitro benzene ring substituents is 3. The van der Waals surface area contributed by atoms with E-state index < -0.39 is 79.9 Å². The fraction of sp³-hybridized carbons (Fsp3) is 0.577. The van der Waals surface area contributed by atoms with E-state index in [2.05, 4.69) is 5.32 Å². The van der Waals surface area contributed by atoms with Crippen LogP contribution < -0.4 is 5.32 Å². The van der Waals surface area contributed by atoms with Gasteiger partial charge in [0.2, 0.25) is 10.0 Å². The van der Waals surface area contributed by atoms with Crippen LogP contribution in [0.2, 0.25) is 0 Å². The smallest absolute Gasteiger partial charge is 0.410 e. The van der Waals surface area contributed by atoms with Gasteiger partial charge in [-0.05, 0) is 141 Å². The van der Waals surface area contributed by atoms with E-state index in [0.29, 0.717) is 64.3 Å². The van der Waals surface area contributed by atoms with Crippen molar-refractivity contribution >= 4 is 80.7 Å². The molecule has 28 nitrogen and oxygen atoms in total. The second-order valence-corrected chi connectivity index (χ2v) is 28.4. The van der Waals surface area contributed by atoms with Crippen LogP contribution in [0.5, 0.6) is 0 Å². The molecule has 0 spiro atoms. The van der Waals surface area contributed by atoms with Gasteiger partial charge in [-0.3, -0.25) is 44.1 Å². The van der Waals surface area contributed by atoms with Crippen molar-refractivity contribution in [3.63, 3.8) is 0 Å². The molecule has 0 aromatic heterocycles. The van der Waals surface area contributed by atoms with E-state index in [1.165, 1.54) is 0 Å². The zero-order valence-corrected chi connectivity index (χ0v) is 50.4. The summed E-state index contributed by atoms with van der Waals surface area (Å²) in [4.78, 5) is 83.2. The standard InChI is InChI=1S/C29H36N4O12S2.C17H30N2O4.C6H4ClNO4S.H2O/c1-29(2,3)44-28(35)30-16-14-20(15-17-30)18-27(34)26-13-8-23(45-47(42,43)25-11-6-22(7-12-25)33(38)39)19-31(26)46(40,41)24-9-4-21(5-10-24)32(36)37;1-17(2,3)23-16(22)19-8-6-12(7-9-19)10-15(21)14-5-4-13(20)11-18-14;7-13(11,12)6-3-1-5(2-4-6)8(9)10;/h4-7,9-12,20,23,26H,8,13-19H2,1-3H3;12-14,18,20H,4-11H2,1-3H3;1-4H;1H2/t23-,26-;13-,14-;;/m00../s1. The Morgan fingerprint density at radius 2 is 0.988 bits per heavy atom. The molecule has 4 aliphatic rings. The Morgan fingerprint density at radius 1 is 0.595 bits per heavy atom. The molecule has 0 bridgehead atoms. The summed E-state index contributed by atoms with van der Waals surface area (Å²) in [7, 11) is -7.76. The number of likely N-dealkylation sites (tertiary alicyclic amines) is 2. The lowest BCUT2D eigenvalue weighted by Crippen LogP contribution is -2.53. The van der Waals surface area contributed by atoms with Crippen LogP contribution in [0.15, 0.2) is 87.5 Å². The Balaban J connectivity index is 0.000000335. The molecule has 4 heterocycles. The molecule has 3 aromatic rings. The third-order valence-electron chi connectivity index (χ3n) is 13.7. The Kier molecular flexibility index (Phi) is 24.8. The monoisotopic (exact) mass is 1260 g/mol. The topological polar surface area (TPSA) is 401 Å². The van der Waals surface area contributed by atoms with Gasteiger partial charge in [0.05, 0.1) is 53.7 Å². The zero-order valence-electron chi connectivity index (χ0n) is 47.2. The molecule has 7 rings (SSSR count). The summed E-state index contributed by atoms with van der Waals surface area (Å²) < 4.78 is 92.2. The highest BCUT2D eigenvalue weighted by Crippen LogP contribution is 2.33. The minimum atomic E-state index is -4.48. The second-order valence-electron chi connectivity index (χ2n) is 22.4. The first kappa shape index (κ1) is 70.2. The first-order valence-electron chi connectivity index (χ1n) is 26.6. The minimum absolute atomic E-state index is 0. The number of β-amino-alcohol motifs (C(OH)–C–C–N with tert-alkyl or cyclic N) is 1. The van der Waals surface area contributed by atoms with E-state index in [-0.39, 0.29) is 92.2 Å². The lowest BCUT2D eigenvalue weighted by Gasteiger charge is -2.38. The summed E-state index contributed by atoms with van der Waals surface area (Å²) in [5, 5.41) is 44.9. The van der Waals surface area contributed by atoms with Crippen molar-refractivity contribution in [3.8, 4) is 0 Å². The number of aliphatic hydroxyl groups excluding tert-OH is 1. The van der Waals surface area contributed by atoms with Crippen molar-refractivity contribution in [1.29, 1.82) is 0 Å². The molecule has 84 heavy (non-hydrogen) atoms. The molecule has 2 amide bonds. The predicted octanol–water partition coefficient (Wildman–Crippen LogP) is 6.44. The third-order valence-corrected chi connectivity index (χ3v) is 18.4. The molecular weight excluding hydrogens is 1190 g/mol. The van der Waals surface area contributed by atoms with Crippen molar-refractivity contribution in [2.75, 3.05) is 39.3 Å². The van der Waals surface area contributed by atoms with Gasteiger partial charge in [-0.25, -0.2) is 26.4 Å². The van der Waals surface area contributed by atoms with E-state index in [1.807, 2.05) is 20.8 Å². The predicted molar refractivity (Wildman–Crippen MR) is 302 cm³/mol. The summed E-state index contributed by atoms with van der Waals surface area (Å²) in [6.45, 7) is 12.9. The number of nitro groups is 3. The normalized spacial score (nSPS) is 20.3. The number of aliphatic hydroxyl groups is 1. The molecule has 32 heteroatoms. The largest absolute Gasteiger partial charge is 0.444 e. The van der Waals surface area contributed by atoms with Crippen LogP contribution in [0.25, 0.3) is 0 Å². The number of ketones is 2. The molecule has 4 N–H and O–H groups in total. The summed E-state index contributed by atoms with van der Waals surface area (Å²) >= 11 is 0. The van der Waals surface area contributed by atoms with E-state index in [1.54, 1.807) is 30.6 Å². The summed E-state index contributed by atoms with van der Waals surface area (Å²) in [5.74, 6) is 0.0620. The lowest BCUT2D eigenvalue weighted by molar-refractivity contribution is -0.385. The minimum Gasteiger partial charge on any atom is -0.444 e. The van der Waals surface area contributed by atoms with Gasteiger partial charge in [0, 0.05) is 99.2 Å². The van der Waals surface area contributed by atoms with Crippen LogP contribution >= 0.6 is 10.7 Å². The van der Waals surface area contributed by atoms with Crippen LogP contribution in [-0.2, 0) is 52.4 Å². The summed E-state index contributed by atoms with van der Waals surface area (Å²) in [5.41, 5.74) is -1.99. The molecule has 4 fully saturated rings. The number of carbonyl (C=O) groups is 4. The number of nitrogens with zero attached hydrogens (tertiary/aromatic N) is 6. The molecule has 466 valence electrons. The number of nitrogens with one attached hydrogen (secondary N) is 1. The van der Waals surface area contributed by atoms with Crippen molar-refractivity contribution in [1.82, 2.24) is 19.4 Å². The van der Waals surface area contributed by atoms with Crippen LogP contribution in [0.1, 0.15) is 106 Å². The summed E-state index contributed by atoms with van der Waals surface area (Å²) in [6.07, 6.45) is 2.38. The van der Waals surface area contributed by atoms with Crippen LogP contribution in [0.3, 0.4) is 0 Å². The molecule has 4 saturated heterocycles. The zero-order chi connectivity index (χ0) is 61.8. The number of halogens is 1. The SMILES string of the molecule is CC(C)(C)OC(=O)N1CCC(CC(=O)[C@@H]2CC[C@H](O)CN2)CC1.CC(C)(C)OC(=O)N1CCC(CC(=O)[C@@H]2CC[C@H](OS(=O)(=O)c3ccc([N+](=O)[O-])cc3)CN2S(=O)(=O)c2ccc([N+](=O)[O-])cc2)CC1.O.O=[N+]([O-])c1ccc(S(=O)(=O)Cl)cc1. The Bertz CT molecular complexity index is 3140. The first-order valence-corrected chi connectivity index (χ1v) is 31.7. The number of benzene rings is 3. The maximum Gasteiger partial charge on any atom is 0.410 e. The maximum atomic E-state index is 13.9. The number of hydrogen-bond donors (Lipinski definition) is 2. The Hall–Kier alpha value is -6.32. The Labute approximate surface area is 491 Å². The highest BCUT2D eigenvalue weighted by atomic mass is 35.7. The lowest BCUT2D eigenvalue weighted by atomic mass is 9.88. The number of hydrogen-bond acceptors (Lipinski definition) is 21. The maximum absolute atomic E-state index is 13.9. The van der Waals surface area contributed by atoms with Gasteiger partial charge < -0.3 is 35.2 Å². The molecule has 3 aromatic carbocycles. The van der Waals surface area contributed by atoms with Crippen molar-refractivity contribution in [2.24, 2.45) is 11.8 Å². The van der Waals surface area contributed by atoms with Gasteiger partial charge in [0.25, 0.3) is 36.2 Å². The number of sulfonamides is 1. The number of ether oxygens (including phenoxy) is 2. The van der Waals surface area contributed by atoms with Crippen LogP contribution in [-0.4, -0.2) is 163 Å². The van der Waals surface area contributed by atoms with E-state index >= 15 is 0 Å². The highest BCUT2D eigenvalue weighted by Gasteiger charge is 2.43. The molecule has 0 unspecified atom stereocenters. The van der Waals surface area contributed by atoms with Crippen molar-refractivity contribution < 1.29 is 83.4 Å². The van der Waals surface area contributed by atoms with Gasteiger partial charge in [-0.15, -0.1) is 0 Å². The molecule has 0 radical (unpaired) electrons. The number of nitro benzene ring substituents is 3. The third kappa shape index (κ3) is 21.0. The average molecular weight is 1260 g/mol. The quantitative estimate of drug-likeness (QED) is 0.0715. The molecule has 4 atom stereocenters. The summed E-state index contributed by atoms with van der Waals surface area (Å²) in [6, 6.07) is 11.2. The van der Waals surface area contributed by atoms with Gasteiger partial charge in [0.1, 0.15) is 17.0 Å². The van der Waals surface area contributed by atoms with E-state index in [9.17, 15) is 79.9 Å². The Morgan fingerprint density at radius 3 is 1.36 bits per heavy atom. The number of carbonyl (C=O) groups excluding carboxylic acids is 4. The van der Waals surface area contributed by atoms with Crippen molar-refractivity contribution in [3.05, 3.63) is 103 Å². The van der Waals surface area contributed by atoms with Gasteiger partial charge in [-0.1, -0.05) is 0 Å². The fourth-order valence-electron chi connectivity index (χ4n) is 9.40. The number of Topliss-reactive ketones (excluding diaryl/α,β-unsaturated/α-hetero) is 2. The van der Waals surface area contributed by atoms with E-state index in [4.69, 9.17) is 24.3 Å². The number of amides is 2. The number of rotatable bonds is 15. The van der Waals surface area contributed by atoms with Gasteiger partial charge in [-0.2, -0.15) is 12.7 Å². The van der Waals surface area contributed by atoms with Crippen LogP contribution in [0.4, 0.5) is 26.7 Å². The first-order chi connectivity index (χ1) is 38.5. The fourth-order valence-corrected chi connectivity index (χ4v) is 12.9. The molecule has 0 saturated carbocycles. The molecule has 4 aliphatic heterocycles. The molecule has 0 aliphatic carbocycles. The van der Waals surface area contributed by atoms with Gasteiger partial charge in [0.15, 0.2) is 5.78 Å². The highest BCUT2D eigenvalue weighted by molar-refractivity contribution is 8.13. The second kappa shape index (κ2) is 29.7. The average Bonchev–Trinajstić information content (AvgIpc) is 1.52. The van der Waals surface area contributed by atoms with Gasteiger partial charge >= 0.3 is 12.2 Å². The number of piperidine rings is 4. The van der Waals surface area contributed by atoms with Crippen molar-refractivity contribution in [2.45, 2.75) is 156 Å². The molecular formula is C52H72ClN7O21S3. The van der Waals surface area contributed by atoms with E-state index in [0.717, 1.165) is 96.4 Å². The van der Waals surface area contributed by atoms with Crippen LogP contribution in [0, 0.1) is 42.2 Å².